The van der Waals surface area contributed by atoms with Crippen molar-refractivity contribution in [1.82, 2.24) is 24.1 Å². The van der Waals surface area contributed by atoms with Gasteiger partial charge in [0.25, 0.3) is 5.56 Å². The molecule has 2 aliphatic heterocycles. The molecule has 0 spiro atoms. The second kappa shape index (κ2) is 12.3. The van der Waals surface area contributed by atoms with E-state index in [-0.39, 0.29) is 35.5 Å². The Hall–Kier alpha value is -3.95. The lowest BCUT2D eigenvalue weighted by atomic mass is 10.1. The molecule has 0 aliphatic carbocycles. The van der Waals surface area contributed by atoms with Crippen LogP contribution >= 0.6 is 11.6 Å². The molecular formula is C27H30ClF3N8O4. The summed E-state index contributed by atoms with van der Waals surface area (Å²) in [6.45, 7) is 3.68. The molecule has 0 radical (unpaired) electrons. The van der Waals surface area contributed by atoms with Crippen LogP contribution in [0.5, 0.6) is 0 Å². The van der Waals surface area contributed by atoms with Crippen LogP contribution in [0.4, 0.5) is 24.5 Å². The molecule has 3 N–H and O–H groups in total. The number of carbonyl (C=O) groups is 2. The summed E-state index contributed by atoms with van der Waals surface area (Å²) < 4.78 is 47.4. The zero-order valence-corrected chi connectivity index (χ0v) is 24.0. The van der Waals surface area contributed by atoms with Crippen LogP contribution in [0.25, 0.3) is 11.4 Å². The lowest BCUT2D eigenvalue weighted by Gasteiger charge is -2.36. The average Bonchev–Trinajstić information content (AvgIpc) is 3.45. The van der Waals surface area contributed by atoms with Gasteiger partial charge in [-0.25, -0.2) is 0 Å². The van der Waals surface area contributed by atoms with E-state index in [1.54, 1.807) is 9.47 Å². The van der Waals surface area contributed by atoms with E-state index >= 15 is 0 Å². The second-order valence-corrected chi connectivity index (χ2v) is 10.5. The Labute approximate surface area is 248 Å². The number of benzene rings is 1. The number of nitrogens with one attached hydrogen (secondary N) is 1. The predicted octanol–water partition coefficient (Wildman–Crippen LogP) is 2.18. The molecule has 2 aliphatic rings. The first kappa shape index (κ1) is 30.5. The standard InChI is InChI=1S/C27H30ClF3N8O4/c1-2-20-23(37-9-7-36(8-10-37)22(41)14-32)25(42)39-26(34-24(35-39)16-5-11-43-12-6-16)38(20)15-21(40)33-19-4-3-17(13-18(19)28)27(29,30)31/h3-5,13H,2,6-12,14-15,32H2,1H3,(H,33,40). The van der Waals surface area contributed by atoms with E-state index in [0.717, 1.165) is 28.3 Å². The zero-order chi connectivity index (χ0) is 30.9. The van der Waals surface area contributed by atoms with Crippen LogP contribution < -0.4 is 21.5 Å². The predicted molar refractivity (Wildman–Crippen MR) is 153 cm³/mol. The Morgan fingerprint density at radius 2 is 1.93 bits per heavy atom. The van der Waals surface area contributed by atoms with Gasteiger partial charge in [-0.15, -0.1) is 5.10 Å². The highest BCUT2D eigenvalue weighted by atomic mass is 35.5. The molecule has 2 amide bonds. The molecule has 1 aromatic carbocycles. The first-order valence-electron chi connectivity index (χ1n) is 13.7. The van der Waals surface area contributed by atoms with Crippen LogP contribution in [0, 0.1) is 0 Å². The molecule has 0 atom stereocenters. The van der Waals surface area contributed by atoms with Crippen molar-refractivity contribution in [3.05, 3.63) is 56.7 Å². The number of nitrogens with two attached hydrogens (primary N) is 1. The van der Waals surface area contributed by atoms with E-state index in [2.05, 4.69) is 15.4 Å². The van der Waals surface area contributed by atoms with Crippen LogP contribution in [-0.2, 0) is 33.5 Å². The SMILES string of the molecule is CCc1c(N2CCN(C(=O)CN)CC2)c(=O)n2nc(C3=CCOCC3)nc2n1CC(=O)Nc1ccc(C(F)(F)F)cc1Cl. The maximum Gasteiger partial charge on any atom is 0.416 e. The van der Waals surface area contributed by atoms with Gasteiger partial charge in [0.05, 0.1) is 41.7 Å². The molecule has 1 saturated heterocycles. The highest BCUT2D eigenvalue weighted by Crippen LogP contribution is 2.34. The third kappa shape index (κ3) is 6.24. The van der Waals surface area contributed by atoms with Gasteiger partial charge in [-0.2, -0.15) is 22.7 Å². The lowest BCUT2D eigenvalue weighted by Crippen LogP contribution is -2.52. The number of fused-ring (bicyclic) bond motifs is 1. The van der Waals surface area contributed by atoms with Crippen LogP contribution in [-0.4, -0.2) is 81.8 Å². The van der Waals surface area contributed by atoms with Gasteiger partial charge in [-0.05, 0) is 36.6 Å². The van der Waals surface area contributed by atoms with E-state index in [4.69, 9.17) is 22.1 Å². The monoisotopic (exact) mass is 622 g/mol. The van der Waals surface area contributed by atoms with Crippen molar-refractivity contribution in [2.75, 3.05) is 56.2 Å². The molecular weight excluding hydrogens is 593 g/mol. The molecule has 230 valence electrons. The van der Waals surface area contributed by atoms with Crippen LogP contribution in [0.15, 0.2) is 29.1 Å². The second-order valence-electron chi connectivity index (χ2n) is 10.1. The van der Waals surface area contributed by atoms with Gasteiger partial charge in [0.1, 0.15) is 12.2 Å². The number of piperazine rings is 1. The number of rotatable bonds is 7. The molecule has 5 rings (SSSR count). The van der Waals surface area contributed by atoms with Gasteiger partial charge in [-0.3, -0.25) is 14.4 Å². The molecule has 0 bridgehead atoms. The van der Waals surface area contributed by atoms with Gasteiger partial charge in [0, 0.05) is 26.2 Å². The van der Waals surface area contributed by atoms with Crippen molar-refractivity contribution in [3.8, 4) is 0 Å². The minimum Gasteiger partial charge on any atom is -0.377 e. The van der Waals surface area contributed by atoms with Crippen LogP contribution in [0.1, 0.15) is 30.4 Å². The van der Waals surface area contributed by atoms with E-state index in [1.165, 1.54) is 0 Å². The molecule has 0 saturated carbocycles. The largest absolute Gasteiger partial charge is 0.416 e. The van der Waals surface area contributed by atoms with Crippen LogP contribution in [0.3, 0.4) is 0 Å². The number of halogens is 4. The van der Waals surface area contributed by atoms with E-state index in [9.17, 15) is 27.6 Å². The maximum absolute atomic E-state index is 13.9. The Morgan fingerprint density at radius 3 is 2.53 bits per heavy atom. The summed E-state index contributed by atoms with van der Waals surface area (Å²) in [4.78, 5) is 47.5. The quantitative estimate of drug-likeness (QED) is 0.409. The smallest absolute Gasteiger partial charge is 0.377 e. The zero-order valence-electron chi connectivity index (χ0n) is 23.3. The van der Waals surface area contributed by atoms with Crippen molar-refractivity contribution in [2.45, 2.75) is 32.5 Å². The average molecular weight is 623 g/mol. The first-order chi connectivity index (χ1) is 20.5. The first-order valence-corrected chi connectivity index (χ1v) is 14.1. The van der Waals surface area contributed by atoms with Crippen molar-refractivity contribution < 1.29 is 27.5 Å². The topological polar surface area (TPSA) is 140 Å². The summed E-state index contributed by atoms with van der Waals surface area (Å²) in [5.74, 6) is -0.315. The summed E-state index contributed by atoms with van der Waals surface area (Å²) in [7, 11) is 0. The van der Waals surface area contributed by atoms with Crippen molar-refractivity contribution in [3.63, 3.8) is 0 Å². The molecule has 3 aromatic rings. The van der Waals surface area contributed by atoms with Crippen molar-refractivity contribution in [2.24, 2.45) is 5.73 Å². The Bertz CT molecular complexity index is 1640. The number of aromatic nitrogens is 4. The van der Waals surface area contributed by atoms with Crippen LogP contribution in [0.2, 0.25) is 5.02 Å². The van der Waals surface area contributed by atoms with Crippen molar-refractivity contribution in [1.29, 1.82) is 0 Å². The fourth-order valence-corrected chi connectivity index (χ4v) is 5.46. The van der Waals surface area contributed by atoms with Gasteiger partial charge in [0.2, 0.25) is 17.6 Å². The number of hydrogen-bond donors (Lipinski definition) is 2. The fraction of sp³-hybridized carbons (Fsp3) is 0.444. The minimum absolute atomic E-state index is 0.00483. The maximum atomic E-state index is 13.9. The third-order valence-electron chi connectivity index (χ3n) is 7.41. The molecule has 2 aromatic heterocycles. The third-order valence-corrected chi connectivity index (χ3v) is 7.72. The molecule has 43 heavy (non-hydrogen) atoms. The van der Waals surface area contributed by atoms with Gasteiger partial charge in [0.15, 0.2) is 5.82 Å². The summed E-state index contributed by atoms with van der Waals surface area (Å²) in [5.41, 5.74) is 5.81. The molecule has 4 heterocycles. The summed E-state index contributed by atoms with van der Waals surface area (Å²) in [6, 6.07) is 2.66. The summed E-state index contributed by atoms with van der Waals surface area (Å²) >= 11 is 6.07. The normalized spacial score (nSPS) is 16.0. The minimum atomic E-state index is -4.59. The Balaban J connectivity index is 1.54. The van der Waals surface area contributed by atoms with Gasteiger partial charge in [-0.1, -0.05) is 24.6 Å². The summed E-state index contributed by atoms with van der Waals surface area (Å²) in [6.07, 6.45) is -1.87. The molecule has 12 nitrogen and oxygen atoms in total. The van der Waals surface area contributed by atoms with Crippen molar-refractivity contribution >= 4 is 46.1 Å². The lowest BCUT2D eigenvalue weighted by molar-refractivity contribution is -0.137. The highest BCUT2D eigenvalue weighted by molar-refractivity contribution is 6.33. The fourth-order valence-electron chi connectivity index (χ4n) is 5.23. The van der Waals surface area contributed by atoms with E-state index < -0.39 is 23.2 Å². The molecule has 16 heteroatoms. The summed E-state index contributed by atoms with van der Waals surface area (Å²) in [5, 5.41) is 6.80. The Morgan fingerprint density at radius 1 is 1.19 bits per heavy atom. The van der Waals surface area contributed by atoms with Gasteiger partial charge >= 0.3 is 6.18 Å². The van der Waals surface area contributed by atoms with E-state index in [0.29, 0.717) is 69.4 Å². The number of carbonyl (C=O) groups excluding carboxylic acids is 2. The number of nitrogens with zero attached hydrogens (tertiary/aromatic N) is 6. The highest BCUT2D eigenvalue weighted by Gasteiger charge is 2.32. The number of anilines is 2. The Kier molecular flexibility index (Phi) is 8.76. The number of amides is 2. The van der Waals surface area contributed by atoms with E-state index in [1.807, 2.05) is 17.9 Å². The molecule has 0 unspecified atom stereocenters. The number of alkyl halides is 3. The van der Waals surface area contributed by atoms with Gasteiger partial charge < -0.3 is 30.2 Å². The number of hydrogen-bond acceptors (Lipinski definition) is 8. The molecule has 1 fully saturated rings. The number of ether oxygens (including phenoxy) is 1.